The van der Waals surface area contributed by atoms with Crippen LogP contribution in [0.1, 0.15) is 55.5 Å². The molecule has 0 spiro atoms. The maximum Gasteiger partial charge on any atom is 0.226 e. The molecule has 3 rings (SSSR count). The number of thiazole rings is 1. The van der Waals surface area contributed by atoms with E-state index in [0.29, 0.717) is 12.3 Å². The number of fused-ring (bicyclic) bond motifs is 1. The number of aromatic nitrogens is 1. The Labute approximate surface area is 136 Å². The van der Waals surface area contributed by atoms with Crippen LogP contribution in [0.2, 0.25) is 0 Å². The second-order valence-corrected chi connectivity index (χ2v) is 7.14. The Morgan fingerprint density at radius 1 is 1.24 bits per heavy atom. The van der Waals surface area contributed by atoms with Gasteiger partial charge in [-0.15, -0.1) is 23.7 Å². The van der Waals surface area contributed by atoms with Crippen LogP contribution < -0.4 is 11.1 Å². The van der Waals surface area contributed by atoms with Crippen LogP contribution in [0.4, 0.5) is 5.13 Å². The first-order chi connectivity index (χ1) is 9.72. The molecule has 2 unspecified atom stereocenters. The molecule has 6 heteroatoms. The van der Waals surface area contributed by atoms with E-state index in [0.717, 1.165) is 30.8 Å². The van der Waals surface area contributed by atoms with Gasteiger partial charge in [-0.3, -0.25) is 4.79 Å². The van der Waals surface area contributed by atoms with Crippen molar-refractivity contribution in [2.45, 2.75) is 63.8 Å². The number of halogens is 1. The van der Waals surface area contributed by atoms with E-state index in [1.807, 2.05) is 0 Å². The normalized spacial score (nSPS) is 24.8. The van der Waals surface area contributed by atoms with E-state index >= 15 is 0 Å². The lowest BCUT2D eigenvalue weighted by atomic mass is 9.83. The summed E-state index contributed by atoms with van der Waals surface area (Å²) in [7, 11) is 0. The number of hydrogen-bond acceptors (Lipinski definition) is 4. The van der Waals surface area contributed by atoms with Gasteiger partial charge in [0.25, 0.3) is 0 Å². The van der Waals surface area contributed by atoms with E-state index in [2.05, 4.69) is 10.3 Å². The number of rotatable bonds is 3. The van der Waals surface area contributed by atoms with Gasteiger partial charge in [0.15, 0.2) is 5.13 Å². The molecule has 1 saturated carbocycles. The summed E-state index contributed by atoms with van der Waals surface area (Å²) in [5.74, 6) is 0.428. The molecule has 1 aromatic rings. The van der Waals surface area contributed by atoms with E-state index in [4.69, 9.17) is 5.73 Å². The average molecular weight is 330 g/mol. The first kappa shape index (κ1) is 16.7. The second kappa shape index (κ2) is 7.56. The van der Waals surface area contributed by atoms with E-state index in [-0.39, 0.29) is 24.4 Å². The smallest absolute Gasteiger partial charge is 0.226 e. The van der Waals surface area contributed by atoms with Gasteiger partial charge in [0, 0.05) is 17.3 Å². The third-order valence-electron chi connectivity index (χ3n) is 4.51. The van der Waals surface area contributed by atoms with Gasteiger partial charge in [0.2, 0.25) is 5.91 Å². The van der Waals surface area contributed by atoms with Gasteiger partial charge >= 0.3 is 0 Å². The van der Waals surface area contributed by atoms with Crippen molar-refractivity contribution in [1.82, 2.24) is 4.98 Å². The molecule has 0 aliphatic heterocycles. The van der Waals surface area contributed by atoms with Crippen molar-refractivity contribution in [3.05, 3.63) is 10.6 Å². The van der Waals surface area contributed by atoms with Crippen molar-refractivity contribution in [1.29, 1.82) is 0 Å². The molecule has 4 nitrogen and oxygen atoms in total. The van der Waals surface area contributed by atoms with Gasteiger partial charge in [-0.2, -0.15) is 0 Å². The molecular formula is C15H24ClN3OS. The molecule has 2 atom stereocenters. The van der Waals surface area contributed by atoms with E-state index in [1.54, 1.807) is 11.3 Å². The zero-order valence-corrected chi connectivity index (χ0v) is 13.9. The Hall–Kier alpha value is -0.650. The number of carbonyl (C=O) groups excluding carboxylic acids is 1. The summed E-state index contributed by atoms with van der Waals surface area (Å²) in [6, 6.07) is 0.194. The molecule has 0 radical (unpaired) electrons. The van der Waals surface area contributed by atoms with Crippen LogP contribution in [0.15, 0.2) is 0 Å². The predicted molar refractivity (Wildman–Crippen MR) is 89.2 cm³/mol. The number of amides is 1. The minimum absolute atomic E-state index is 0. The molecule has 0 saturated heterocycles. The van der Waals surface area contributed by atoms with Gasteiger partial charge < -0.3 is 11.1 Å². The predicted octanol–water partition coefficient (Wildman–Crippen LogP) is 3.29. The highest BCUT2D eigenvalue weighted by molar-refractivity contribution is 7.15. The fourth-order valence-corrected chi connectivity index (χ4v) is 4.37. The molecule has 21 heavy (non-hydrogen) atoms. The van der Waals surface area contributed by atoms with Crippen molar-refractivity contribution < 1.29 is 4.79 Å². The van der Waals surface area contributed by atoms with Crippen LogP contribution in [0.5, 0.6) is 0 Å². The Morgan fingerprint density at radius 2 is 2.00 bits per heavy atom. The molecule has 2 aliphatic carbocycles. The number of nitrogens with one attached hydrogen (secondary N) is 1. The van der Waals surface area contributed by atoms with Crippen LogP contribution in [0, 0.1) is 5.92 Å². The SMILES string of the molecule is Cl.NC1CCCCC1CC(=O)Nc1nc2c(s1)CCCC2. The zero-order chi connectivity index (χ0) is 13.9. The largest absolute Gasteiger partial charge is 0.327 e. The number of anilines is 1. The van der Waals surface area contributed by atoms with Crippen molar-refractivity contribution in [3.8, 4) is 0 Å². The first-order valence-corrected chi connectivity index (χ1v) is 8.58. The molecule has 2 aliphatic rings. The Balaban J connectivity index is 0.00000161. The van der Waals surface area contributed by atoms with Gasteiger partial charge in [-0.05, 0) is 44.4 Å². The summed E-state index contributed by atoms with van der Waals surface area (Å²) >= 11 is 1.65. The van der Waals surface area contributed by atoms with Gasteiger partial charge in [0.05, 0.1) is 5.69 Å². The Morgan fingerprint density at radius 3 is 2.76 bits per heavy atom. The minimum Gasteiger partial charge on any atom is -0.327 e. The molecule has 1 fully saturated rings. The summed E-state index contributed by atoms with van der Waals surface area (Å²) in [6.45, 7) is 0. The lowest BCUT2D eigenvalue weighted by molar-refractivity contribution is -0.117. The maximum absolute atomic E-state index is 12.1. The summed E-state index contributed by atoms with van der Waals surface area (Å²) in [4.78, 5) is 18.1. The monoisotopic (exact) mass is 329 g/mol. The Bertz CT molecular complexity index is 468. The first-order valence-electron chi connectivity index (χ1n) is 7.76. The highest BCUT2D eigenvalue weighted by Crippen LogP contribution is 2.30. The molecule has 1 aromatic heterocycles. The third-order valence-corrected chi connectivity index (χ3v) is 5.58. The van der Waals surface area contributed by atoms with E-state index in [1.165, 1.54) is 36.3 Å². The van der Waals surface area contributed by atoms with Crippen LogP contribution in [0.25, 0.3) is 0 Å². The number of nitrogens with two attached hydrogens (primary N) is 1. The Kier molecular flexibility index (Phi) is 6.02. The highest BCUT2D eigenvalue weighted by Gasteiger charge is 2.25. The van der Waals surface area contributed by atoms with Gasteiger partial charge in [-0.1, -0.05) is 12.8 Å². The minimum atomic E-state index is 0. The van der Waals surface area contributed by atoms with Crippen LogP contribution in [0.3, 0.4) is 0 Å². The lowest BCUT2D eigenvalue weighted by Crippen LogP contribution is -2.35. The number of carbonyl (C=O) groups is 1. The number of nitrogens with zero attached hydrogens (tertiary/aromatic N) is 1. The average Bonchev–Trinajstić information content (AvgIpc) is 2.83. The molecule has 118 valence electrons. The van der Waals surface area contributed by atoms with Gasteiger partial charge in [-0.25, -0.2) is 4.98 Å². The fraction of sp³-hybridized carbons (Fsp3) is 0.733. The summed E-state index contributed by atoms with van der Waals surface area (Å²) in [5.41, 5.74) is 7.31. The fourth-order valence-electron chi connectivity index (χ4n) is 3.30. The molecular weight excluding hydrogens is 306 g/mol. The molecule has 1 amide bonds. The van der Waals surface area contributed by atoms with Crippen LogP contribution >= 0.6 is 23.7 Å². The van der Waals surface area contributed by atoms with Gasteiger partial charge in [0.1, 0.15) is 0 Å². The molecule has 1 heterocycles. The maximum atomic E-state index is 12.1. The third kappa shape index (κ3) is 4.18. The summed E-state index contributed by atoms with van der Waals surface area (Å²) in [6.07, 6.45) is 9.76. The molecule has 0 aromatic carbocycles. The summed E-state index contributed by atoms with van der Waals surface area (Å²) in [5, 5.41) is 3.76. The molecule has 3 N–H and O–H groups in total. The van der Waals surface area contributed by atoms with Crippen molar-refractivity contribution in [3.63, 3.8) is 0 Å². The van der Waals surface area contributed by atoms with Crippen LogP contribution in [-0.4, -0.2) is 16.9 Å². The van der Waals surface area contributed by atoms with E-state index < -0.39 is 0 Å². The summed E-state index contributed by atoms with van der Waals surface area (Å²) < 4.78 is 0. The second-order valence-electron chi connectivity index (χ2n) is 6.06. The quantitative estimate of drug-likeness (QED) is 0.894. The van der Waals surface area contributed by atoms with Crippen LogP contribution in [-0.2, 0) is 17.6 Å². The number of hydrogen-bond donors (Lipinski definition) is 2. The zero-order valence-electron chi connectivity index (χ0n) is 12.3. The van der Waals surface area contributed by atoms with Crippen molar-refractivity contribution in [2.24, 2.45) is 11.7 Å². The van der Waals surface area contributed by atoms with Crippen molar-refractivity contribution in [2.75, 3.05) is 5.32 Å². The number of aryl methyl sites for hydroxylation is 2. The highest BCUT2D eigenvalue weighted by atomic mass is 35.5. The molecule has 0 bridgehead atoms. The van der Waals surface area contributed by atoms with E-state index in [9.17, 15) is 4.79 Å². The topological polar surface area (TPSA) is 68.0 Å². The lowest BCUT2D eigenvalue weighted by Gasteiger charge is -2.27. The standard InChI is InChI=1S/C15H23N3OS.ClH/c16-11-6-2-1-5-10(11)9-14(19)18-15-17-12-7-3-4-8-13(12)20-15;/h10-11H,1-9,16H2,(H,17,18,19);1H. The van der Waals surface area contributed by atoms with Crippen molar-refractivity contribution >= 4 is 34.8 Å².